The van der Waals surface area contributed by atoms with Gasteiger partial charge in [0.2, 0.25) is 0 Å². The van der Waals surface area contributed by atoms with Crippen LogP contribution in [0, 0.1) is 0 Å². The quantitative estimate of drug-likeness (QED) is 0.526. The minimum atomic E-state index is -0.174. The molecule has 0 saturated carbocycles. The maximum absolute atomic E-state index is 11.0. The van der Waals surface area contributed by atoms with Gasteiger partial charge in [0, 0.05) is 23.0 Å². The van der Waals surface area contributed by atoms with E-state index in [1.807, 2.05) is 19.1 Å². The highest BCUT2D eigenvalue weighted by atomic mass is 79.9. The Labute approximate surface area is 136 Å². The highest BCUT2D eigenvalue weighted by molar-refractivity contribution is 9.11. The van der Waals surface area contributed by atoms with Gasteiger partial charge in [-0.25, -0.2) is 0 Å². The van der Waals surface area contributed by atoms with E-state index in [2.05, 4.69) is 41.9 Å². The summed E-state index contributed by atoms with van der Waals surface area (Å²) in [6, 6.07) is 3.99. The zero-order chi connectivity index (χ0) is 15.0. The van der Waals surface area contributed by atoms with E-state index in [1.165, 1.54) is 7.11 Å². The summed E-state index contributed by atoms with van der Waals surface area (Å²) in [5.74, 6) is 0.683. The molecular weight excluding hydrogens is 390 g/mol. The number of methoxy groups -OCH3 is 1. The molecule has 0 aliphatic carbocycles. The number of rotatable bonds is 8. The van der Waals surface area contributed by atoms with Crippen molar-refractivity contribution in [2.24, 2.45) is 0 Å². The van der Waals surface area contributed by atoms with Crippen molar-refractivity contribution < 1.29 is 14.3 Å². The molecule has 0 heterocycles. The van der Waals surface area contributed by atoms with Gasteiger partial charge in [0.05, 0.1) is 18.2 Å². The van der Waals surface area contributed by atoms with Crippen molar-refractivity contribution in [2.75, 3.05) is 20.3 Å². The number of benzene rings is 1. The Hall–Kier alpha value is -0.590. The van der Waals surface area contributed by atoms with Crippen LogP contribution >= 0.6 is 31.9 Å². The standard InChI is InChI=1S/C14H19Br2NO3/c1-3-20-14-10(7-11(15)8-12(14)16)9-17-6-4-5-13(18)19-2/h7-8,17H,3-6,9H2,1-2H3. The van der Waals surface area contributed by atoms with Crippen LogP contribution in [-0.2, 0) is 16.1 Å². The summed E-state index contributed by atoms with van der Waals surface area (Å²) in [6.07, 6.45) is 1.19. The van der Waals surface area contributed by atoms with Crippen LogP contribution < -0.4 is 10.1 Å². The third-order valence-corrected chi connectivity index (χ3v) is 3.70. The van der Waals surface area contributed by atoms with Crippen molar-refractivity contribution in [1.82, 2.24) is 5.32 Å². The third-order valence-electron chi connectivity index (χ3n) is 2.65. The molecule has 0 radical (unpaired) electrons. The Morgan fingerprint density at radius 2 is 2.10 bits per heavy atom. The molecule has 1 N–H and O–H groups in total. The molecule has 1 rings (SSSR count). The number of hydrogen-bond acceptors (Lipinski definition) is 4. The molecule has 0 amide bonds. The van der Waals surface area contributed by atoms with Gasteiger partial charge in [0.1, 0.15) is 5.75 Å². The van der Waals surface area contributed by atoms with E-state index >= 15 is 0 Å². The van der Waals surface area contributed by atoms with Crippen LogP contribution in [0.25, 0.3) is 0 Å². The van der Waals surface area contributed by atoms with Crippen molar-refractivity contribution >= 4 is 37.8 Å². The van der Waals surface area contributed by atoms with Crippen LogP contribution in [-0.4, -0.2) is 26.2 Å². The molecule has 0 unspecified atom stereocenters. The summed E-state index contributed by atoms with van der Waals surface area (Å²) >= 11 is 6.98. The van der Waals surface area contributed by atoms with Crippen LogP contribution in [0.1, 0.15) is 25.3 Å². The molecule has 0 spiro atoms. The van der Waals surface area contributed by atoms with Crippen molar-refractivity contribution in [1.29, 1.82) is 0 Å². The summed E-state index contributed by atoms with van der Waals surface area (Å²) in [4.78, 5) is 11.0. The minimum absolute atomic E-state index is 0.174. The van der Waals surface area contributed by atoms with Crippen molar-refractivity contribution in [3.05, 3.63) is 26.6 Å². The van der Waals surface area contributed by atoms with Crippen LogP contribution in [0.2, 0.25) is 0 Å². The molecule has 0 fully saturated rings. The first-order chi connectivity index (χ1) is 9.58. The van der Waals surface area contributed by atoms with E-state index in [9.17, 15) is 4.79 Å². The predicted molar refractivity (Wildman–Crippen MR) is 86.0 cm³/mol. The van der Waals surface area contributed by atoms with Crippen LogP contribution in [0.4, 0.5) is 0 Å². The van der Waals surface area contributed by atoms with Crippen LogP contribution in [0.5, 0.6) is 5.75 Å². The number of halogens is 2. The average molecular weight is 409 g/mol. The lowest BCUT2D eigenvalue weighted by Crippen LogP contribution is -2.17. The Morgan fingerprint density at radius 3 is 2.75 bits per heavy atom. The number of carbonyl (C=O) groups is 1. The Morgan fingerprint density at radius 1 is 1.35 bits per heavy atom. The topological polar surface area (TPSA) is 47.6 Å². The summed E-state index contributed by atoms with van der Waals surface area (Å²) < 4.78 is 12.2. The minimum Gasteiger partial charge on any atom is -0.492 e. The van der Waals surface area contributed by atoms with Crippen LogP contribution in [0.3, 0.4) is 0 Å². The van der Waals surface area contributed by atoms with E-state index in [-0.39, 0.29) is 5.97 Å². The molecule has 20 heavy (non-hydrogen) atoms. The second kappa shape index (κ2) is 9.37. The van der Waals surface area contributed by atoms with Crippen molar-refractivity contribution in [3.8, 4) is 5.75 Å². The fourth-order valence-electron chi connectivity index (χ4n) is 1.73. The first kappa shape index (κ1) is 17.5. The molecule has 0 bridgehead atoms. The predicted octanol–water partition coefficient (Wildman–Crippen LogP) is 3.65. The third kappa shape index (κ3) is 5.81. The number of nitrogens with one attached hydrogen (secondary N) is 1. The highest BCUT2D eigenvalue weighted by Crippen LogP contribution is 2.32. The molecule has 0 aliphatic heterocycles. The first-order valence-electron chi connectivity index (χ1n) is 6.46. The molecule has 0 atom stereocenters. The summed E-state index contributed by atoms with van der Waals surface area (Å²) in [5, 5.41) is 3.30. The first-order valence-corrected chi connectivity index (χ1v) is 8.05. The largest absolute Gasteiger partial charge is 0.492 e. The molecule has 1 aromatic rings. The lowest BCUT2D eigenvalue weighted by molar-refractivity contribution is -0.140. The lowest BCUT2D eigenvalue weighted by Gasteiger charge is -2.13. The molecular formula is C14H19Br2NO3. The van der Waals surface area contributed by atoms with Gasteiger partial charge in [-0.15, -0.1) is 0 Å². The van der Waals surface area contributed by atoms with Gasteiger partial charge in [-0.1, -0.05) is 15.9 Å². The zero-order valence-corrected chi connectivity index (χ0v) is 14.8. The summed E-state index contributed by atoms with van der Waals surface area (Å²) in [7, 11) is 1.41. The fourth-order valence-corrected chi connectivity index (χ4v) is 3.16. The van der Waals surface area contributed by atoms with E-state index in [0.29, 0.717) is 19.6 Å². The molecule has 0 aliphatic rings. The Balaban J connectivity index is 2.52. The normalized spacial score (nSPS) is 10.4. The van der Waals surface area contributed by atoms with E-state index in [0.717, 1.165) is 33.2 Å². The van der Waals surface area contributed by atoms with Crippen molar-refractivity contribution in [3.63, 3.8) is 0 Å². The molecule has 0 saturated heterocycles. The molecule has 1 aromatic carbocycles. The van der Waals surface area contributed by atoms with Gasteiger partial charge < -0.3 is 14.8 Å². The number of hydrogen-bond donors (Lipinski definition) is 1. The van der Waals surface area contributed by atoms with Gasteiger partial charge in [0.25, 0.3) is 0 Å². The van der Waals surface area contributed by atoms with Crippen LogP contribution in [0.15, 0.2) is 21.1 Å². The van der Waals surface area contributed by atoms with Gasteiger partial charge in [-0.3, -0.25) is 4.79 Å². The fraction of sp³-hybridized carbons (Fsp3) is 0.500. The van der Waals surface area contributed by atoms with E-state index < -0.39 is 0 Å². The smallest absolute Gasteiger partial charge is 0.305 e. The zero-order valence-electron chi connectivity index (χ0n) is 11.7. The van der Waals surface area contributed by atoms with Gasteiger partial charge in [-0.05, 0) is 48.0 Å². The Bertz CT molecular complexity index is 452. The number of carbonyl (C=O) groups excluding carboxylic acids is 1. The molecule has 6 heteroatoms. The molecule has 0 aromatic heterocycles. The monoisotopic (exact) mass is 407 g/mol. The number of esters is 1. The SMILES string of the molecule is CCOc1c(Br)cc(Br)cc1CNCCCC(=O)OC. The van der Waals surface area contributed by atoms with E-state index in [4.69, 9.17) is 4.74 Å². The highest BCUT2D eigenvalue weighted by Gasteiger charge is 2.09. The van der Waals surface area contributed by atoms with Crippen molar-refractivity contribution in [2.45, 2.75) is 26.3 Å². The molecule has 112 valence electrons. The average Bonchev–Trinajstić information content (AvgIpc) is 2.41. The lowest BCUT2D eigenvalue weighted by atomic mass is 10.2. The van der Waals surface area contributed by atoms with Gasteiger partial charge in [0.15, 0.2) is 0 Å². The maximum atomic E-state index is 11.0. The van der Waals surface area contributed by atoms with Gasteiger partial charge >= 0.3 is 5.97 Å². The number of ether oxygens (including phenoxy) is 2. The van der Waals surface area contributed by atoms with E-state index in [1.54, 1.807) is 0 Å². The molecule has 4 nitrogen and oxygen atoms in total. The summed E-state index contributed by atoms with van der Waals surface area (Å²) in [6.45, 7) is 4.02. The Kier molecular flexibility index (Phi) is 8.18. The van der Waals surface area contributed by atoms with Gasteiger partial charge in [-0.2, -0.15) is 0 Å². The maximum Gasteiger partial charge on any atom is 0.305 e. The second-order valence-corrected chi connectivity index (χ2v) is 5.94. The second-order valence-electron chi connectivity index (χ2n) is 4.17. The summed E-state index contributed by atoms with van der Waals surface area (Å²) in [5.41, 5.74) is 1.08.